The summed E-state index contributed by atoms with van der Waals surface area (Å²) in [7, 11) is 3.23. The number of thioether (sulfide) groups is 1. The fraction of sp³-hybridized carbons (Fsp3) is 0.389. The number of benzene rings is 1. The minimum absolute atomic E-state index is 0.171. The van der Waals surface area contributed by atoms with Gasteiger partial charge in [0.1, 0.15) is 16.5 Å². The number of ether oxygens (including phenoxy) is 2. The Morgan fingerprint density at radius 3 is 2.56 bits per heavy atom. The topological polar surface area (TPSA) is 64.5 Å². The molecule has 3 rings (SSSR count). The molecule has 0 N–H and O–H groups in total. The Hall–Kier alpha value is -2.28. The van der Waals surface area contributed by atoms with E-state index in [1.54, 1.807) is 14.2 Å². The lowest BCUT2D eigenvalue weighted by Gasteiger charge is -2.14. The van der Waals surface area contributed by atoms with Gasteiger partial charge in [0.15, 0.2) is 0 Å². The van der Waals surface area contributed by atoms with Crippen molar-refractivity contribution < 1.29 is 14.3 Å². The Morgan fingerprint density at radius 2 is 1.92 bits per heavy atom. The first-order valence-electron chi connectivity index (χ1n) is 8.18. The average molecular weight is 359 g/mol. The van der Waals surface area contributed by atoms with Gasteiger partial charge in [-0.2, -0.15) is 0 Å². The Balaban J connectivity index is 1.67. The van der Waals surface area contributed by atoms with Crippen LogP contribution in [0, 0.1) is 0 Å². The molecule has 132 valence electrons. The van der Waals surface area contributed by atoms with E-state index in [0.29, 0.717) is 11.5 Å². The van der Waals surface area contributed by atoms with Crippen LogP contribution in [-0.4, -0.2) is 54.1 Å². The molecule has 1 aliphatic rings. The van der Waals surface area contributed by atoms with Gasteiger partial charge in [-0.05, 0) is 37.1 Å². The van der Waals surface area contributed by atoms with Gasteiger partial charge in [0.25, 0.3) is 0 Å². The van der Waals surface area contributed by atoms with E-state index in [9.17, 15) is 4.79 Å². The Morgan fingerprint density at radius 1 is 1.12 bits per heavy atom. The smallest absolute Gasteiger partial charge is 0.232 e. The molecule has 0 atom stereocenters. The second kappa shape index (κ2) is 8.20. The van der Waals surface area contributed by atoms with E-state index in [2.05, 4.69) is 10.2 Å². The fourth-order valence-electron chi connectivity index (χ4n) is 2.74. The summed E-state index contributed by atoms with van der Waals surface area (Å²) in [5.41, 5.74) is 1.57. The predicted octanol–water partition coefficient (Wildman–Crippen LogP) is 2.88. The maximum absolute atomic E-state index is 12.1. The van der Waals surface area contributed by atoms with Gasteiger partial charge in [0.05, 0.1) is 25.7 Å². The molecular formula is C18H21N3O3S. The number of nitrogens with zero attached hydrogens (tertiary/aromatic N) is 3. The average Bonchev–Trinajstić information content (AvgIpc) is 3.21. The highest BCUT2D eigenvalue weighted by Crippen LogP contribution is 2.32. The summed E-state index contributed by atoms with van der Waals surface area (Å²) in [6, 6.07) is 9.34. The molecule has 1 fully saturated rings. The molecule has 0 spiro atoms. The zero-order valence-corrected chi connectivity index (χ0v) is 15.2. The van der Waals surface area contributed by atoms with Crippen molar-refractivity contribution in [3.63, 3.8) is 0 Å². The highest BCUT2D eigenvalue weighted by atomic mass is 32.2. The Kier molecular flexibility index (Phi) is 5.75. The normalized spacial score (nSPS) is 13.8. The van der Waals surface area contributed by atoms with Crippen molar-refractivity contribution in [1.82, 2.24) is 15.1 Å². The van der Waals surface area contributed by atoms with Crippen LogP contribution in [0.25, 0.3) is 11.3 Å². The predicted molar refractivity (Wildman–Crippen MR) is 97.1 cm³/mol. The zero-order valence-electron chi connectivity index (χ0n) is 14.4. The quantitative estimate of drug-likeness (QED) is 0.739. The molecule has 1 amide bonds. The maximum atomic E-state index is 12.1. The molecule has 6 nitrogen and oxygen atoms in total. The van der Waals surface area contributed by atoms with Crippen LogP contribution in [0.1, 0.15) is 12.8 Å². The molecule has 1 aromatic carbocycles. The highest BCUT2D eigenvalue weighted by molar-refractivity contribution is 7.99. The number of carbonyl (C=O) groups excluding carboxylic acids is 1. The fourth-order valence-corrected chi connectivity index (χ4v) is 3.46. The summed E-state index contributed by atoms with van der Waals surface area (Å²) in [6.45, 7) is 1.75. The van der Waals surface area contributed by atoms with Crippen molar-refractivity contribution >= 4 is 17.7 Å². The number of hydrogen-bond acceptors (Lipinski definition) is 6. The number of methoxy groups -OCH3 is 2. The van der Waals surface area contributed by atoms with E-state index in [-0.39, 0.29) is 5.91 Å². The van der Waals surface area contributed by atoms with Crippen molar-refractivity contribution in [3.8, 4) is 22.8 Å². The van der Waals surface area contributed by atoms with Crippen LogP contribution in [0.15, 0.2) is 35.4 Å². The second-order valence-corrected chi connectivity index (χ2v) is 6.70. The molecule has 0 saturated carbocycles. The molecule has 2 heterocycles. The number of likely N-dealkylation sites (tertiary alicyclic amines) is 1. The van der Waals surface area contributed by atoms with E-state index in [1.807, 2.05) is 35.2 Å². The summed E-state index contributed by atoms with van der Waals surface area (Å²) >= 11 is 1.42. The second-order valence-electron chi connectivity index (χ2n) is 5.70. The van der Waals surface area contributed by atoms with Gasteiger partial charge in [-0.3, -0.25) is 4.79 Å². The third kappa shape index (κ3) is 4.22. The molecule has 0 aliphatic carbocycles. The summed E-state index contributed by atoms with van der Waals surface area (Å²) < 4.78 is 10.6. The molecule has 2 aromatic rings. The molecule has 25 heavy (non-hydrogen) atoms. The summed E-state index contributed by atoms with van der Waals surface area (Å²) in [4.78, 5) is 14.0. The van der Waals surface area contributed by atoms with Gasteiger partial charge in [0.2, 0.25) is 5.91 Å². The third-order valence-electron chi connectivity index (χ3n) is 4.13. The van der Waals surface area contributed by atoms with Crippen LogP contribution in [-0.2, 0) is 4.79 Å². The molecule has 7 heteroatoms. The van der Waals surface area contributed by atoms with Gasteiger partial charge < -0.3 is 14.4 Å². The zero-order chi connectivity index (χ0) is 17.6. The van der Waals surface area contributed by atoms with Crippen molar-refractivity contribution in [2.45, 2.75) is 17.9 Å². The van der Waals surface area contributed by atoms with E-state index in [0.717, 1.165) is 48.0 Å². The third-order valence-corrected chi connectivity index (χ3v) is 5.03. The molecule has 0 bridgehead atoms. The standard InChI is InChI=1S/C18H21N3O3S/c1-23-13-5-6-14(16(11-13)24-2)15-7-8-17(20-19-15)25-12-18(22)21-9-3-4-10-21/h5-8,11H,3-4,9-10,12H2,1-2H3. The van der Waals surface area contributed by atoms with Crippen LogP contribution in [0.2, 0.25) is 0 Å². The maximum Gasteiger partial charge on any atom is 0.232 e. The van der Waals surface area contributed by atoms with Gasteiger partial charge in [-0.25, -0.2) is 0 Å². The monoisotopic (exact) mass is 359 g/mol. The minimum atomic E-state index is 0.171. The van der Waals surface area contributed by atoms with Crippen LogP contribution in [0.5, 0.6) is 11.5 Å². The van der Waals surface area contributed by atoms with Crippen LogP contribution >= 0.6 is 11.8 Å². The molecular weight excluding hydrogens is 338 g/mol. The number of amides is 1. The van der Waals surface area contributed by atoms with E-state index in [1.165, 1.54) is 11.8 Å². The summed E-state index contributed by atoms with van der Waals surface area (Å²) in [5.74, 6) is 1.98. The molecule has 1 aromatic heterocycles. The lowest BCUT2D eigenvalue weighted by Crippen LogP contribution is -2.29. The summed E-state index contributed by atoms with van der Waals surface area (Å²) in [6.07, 6.45) is 2.21. The first kappa shape index (κ1) is 17.5. The van der Waals surface area contributed by atoms with E-state index >= 15 is 0 Å². The van der Waals surface area contributed by atoms with Crippen molar-refractivity contribution in [3.05, 3.63) is 30.3 Å². The van der Waals surface area contributed by atoms with Crippen LogP contribution in [0.4, 0.5) is 0 Å². The number of hydrogen-bond donors (Lipinski definition) is 0. The van der Waals surface area contributed by atoms with E-state index in [4.69, 9.17) is 9.47 Å². The van der Waals surface area contributed by atoms with Crippen molar-refractivity contribution in [2.24, 2.45) is 0 Å². The van der Waals surface area contributed by atoms with E-state index < -0.39 is 0 Å². The van der Waals surface area contributed by atoms with Gasteiger partial charge in [-0.15, -0.1) is 10.2 Å². The molecule has 0 radical (unpaired) electrons. The number of rotatable bonds is 6. The molecule has 1 saturated heterocycles. The summed E-state index contributed by atoms with van der Waals surface area (Å²) in [5, 5.41) is 9.24. The van der Waals surface area contributed by atoms with Crippen LogP contribution in [0.3, 0.4) is 0 Å². The lowest BCUT2D eigenvalue weighted by molar-refractivity contribution is -0.127. The molecule has 0 unspecified atom stereocenters. The number of aromatic nitrogens is 2. The first-order valence-corrected chi connectivity index (χ1v) is 9.16. The largest absolute Gasteiger partial charge is 0.497 e. The van der Waals surface area contributed by atoms with Crippen molar-refractivity contribution in [2.75, 3.05) is 33.1 Å². The minimum Gasteiger partial charge on any atom is -0.497 e. The Bertz CT molecular complexity index is 731. The number of carbonyl (C=O) groups is 1. The first-order chi connectivity index (χ1) is 12.2. The van der Waals surface area contributed by atoms with Gasteiger partial charge in [-0.1, -0.05) is 11.8 Å². The van der Waals surface area contributed by atoms with Gasteiger partial charge >= 0.3 is 0 Å². The highest BCUT2D eigenvalue weighted by Gasteiger charge is 2.18. The SMILES string of the molecule is COc1ccc(-c2ccc(SCC(=O)N3CCCC3)nn2)c(OC)c1. The van der Waals surface area contributed by atoms with Crippen molar-refractivity contribution in [1.29, 1.82) is 0 Å². The lowest BCUT2D eigenvalue weighted by atomic mass is 10.1. The van der Waals surface area contributed by atoms with Crippen LogP contribution < -0.4 is 9.47 Å². The molecule has 1 aliphatic heterocycles. The van der Waals surface area contributed by atoms with Gasteiger partial charge in [0, 0.05) is 24.7 Å². The Labute approximate surface area is 151 Å².